The average molecular weight is 419 g/mol. The summed E-state index contributed by atoms with van der Waals surface area (Å²) in [5.74, 6) is -0.288. The monoisotopic (exact) mass is 418 g/mol. The Kier molecular flexibility index (Phi) is 5.39. The van der Waals surface area contributed by atoms with Crippen molar-refractivity contribution in [2.45, 2.75) is 52.2 Å². The Labute approximate surface area is 175 Å². The smallest absolute Gasteiger partial charge is 0.198 e. The molecule has 0 saturated heterocycles. The van der Waals surface area contributed by atoms with Gasteiger partial charge in [0, 0.05) is 15.6 Å². The van der Waals surface area contributed by atoms with Crippen molar-refractivity contribution in [2.24, 2.45) is 0 Å². The van der Waals surface area contributed by atoms with Crippen LogP contribution in [0.5, 0.6) is 0 Å². The second kappa shape index (κ2) is 7.22. The second-order valence-corrected chi connectivity index (χ2v) is 8.87. The molecule has 1 aliphatic heterocycles. The minimum Gasteiger partial charge on any atom is -0.508 e. The third-order valence-electron chi connectivity index (χ3n) is 5.09. The molecule has 0 aliphatic carbocycles. The number of carbonyl (C=O) groups is 1. The van der Waals surface area contributed by atoms with Crippen LogP contribution < -0.4 is 0 Å². The van der Waals surface area contributed by atoms with Crippen LogP contribution in [-0.2, 0) is 16.0 Å². The third-order valence-corrected chi connectivity index (χ3v) is 5.64. The molecule has 1 heterocycles. The van der Waals surface area contributed by atoms with Gasteiger partial charge in [-0.15, -0.1) is 0 Å². The van der Waals surface area contributed by atoms with E-state index in [4.69, 9.17) is 27.9 Å². The number of ether oxygens (including phenoxy) is 1. The molecule has 0 bridgehead atoms. The molecule has 0 aromatic heterocycles. The number of hydrogen-bond donors (Lipinski definition) is 1. The van der Waals surface area contributed by atoms with Crippen molar-refractivity contribution < 1.29 is 14.6 Å². The molecular formula is C23H24Cl2O3. The Bertz CT molecular complexity index is 987. The fourth-order valence-electron chi connectivity index (χ4n) is 3.70. The lowest BCUT2D eigenvalue weighted by Crippen LogP contribution is -2.49. The van der Waals surface area contributed by atoms with E-state index >= 15 is 0 Å². The maximum atomic E-state index is 13.2. The number of halogens is 2. The molecule has 1 N–H and O–H groups in total. The minimum atomic E-state index is -1.04. The van der Waals surface area contributed by atoms with Crippen molar-refractivity contribution in [3.63, 3.8) is 0 Å². The molecule has 0 fully saturated rings. The molecule has 1 aliphatic rings. The summed E-state index contributed by atoms with van der Waals surface area (Å²) in [5.41, 5.74) is 1.65. The fourth-order valence-corrected chi connectivity index (χ4v) is 4.22. The molecule has 0 saturated carbocycles. The van der Waals surface area contributed by atoms with Crippen LogP contribution in [0.3, 0.4) is 0 Å². The van der Waals surface area contributed by atoms with Crippen LogP contribution in [0.15, 0.2) is 42.2 Å². The Morgan fingerprint density at radius 3 is 2.25 bits per heavy atom. The molecule has 0 amide bonds. The Morgan fingerprint density at radius 1 is 0.964 bits per heavy atom. The van der Waals surface area contributed by atoms with Gasteiger partial charge in [-0.25, -0.2) is 0 Å². The summed E-state index contributed by atoms with van der Waals surface area (Å²) in [6.07, 6.45) is 0.718. The van der Waals surface area contributed by atoms with Crippen LogP contribution in [0, 0.1) is 0 Å². The van der Waals surface area contributed by atoms with E-state index in [1.54, 1.807) is 39.8 Å². The highest BCUT2D eigenvalue weighted by Crippen LogP contribution is 2.42. The number of aryl methyl sites for hydroxylation is 1. The van der Waals surface area contributed by atoms with Gasteiger partial charge in [-0.2, -0.15) is 0 Å². The highest BCUT2D eigenvalue weighted by molar-refractivity contribution is 6.36. The van der Waals surface area contributed by atoms with E-state index in [1.807, 2.05) is 31.2 Å². The first-order chi connectivity index (χ1) is 13.0. The highest BCUT2D eigenvalue weighted by atomic mass is 35.5. The van der Waals surface area contributed by atoms with Crippen LogP contribution in [0.25, 0.3) is 16.7 Å². The summed E-state index contributed by atoms with van der Waals surface area (Å²) >= 11 is 12.4. The number of ketones is 1. The largest absolute Gasteiger partial charge is 0.508 e. The van der Waals surface area contributed by atoms with E-state index in [9.17, 15) is 9.90 Å². The van der Waals surface area contributed by atoms with Gasteiger partial charge in [-0.05, 0) is 69.0 Å². The van der Waals surface area contributed by atoms with Gasteiger partial charge in [0.05, 0.1) is 5.57 Å². The molecule has 0 unspecified atom stereocenters. The maximum Gasteiger partial charge on any atom is 0.198 e. The molecule has 0 atom stereocenters. The van der Waals surface area contributed by atoms with Crippen LogP contribution in [0.2, 0.25) is 10.0 Å². The predicted octanol–water partition coefficient (Wildman–Crippen LogP) is 6.65. The van der Waals surface area contributed by atoms with Gasteiger partial charge in [-0.3, -0.25) is 4.79 Å². The van der Waals surface area contributed by atoms with Gasteiger partial charge in [0.1, 0.15) is 17.0 Å². The van der Waals surface area contributed by atoms with Gasteiger partial charge in [-0.1, -0.05) is 48.3 Å². The average Bonchev–Trinajstić information content (AvgIpc) is 2.60. The van der Waals surface area contributed by atoms with Gasteiger partial charge in [0.25, 0.3) is 0 Å². The number of carbonyl (C=O) groups excluding carboxylic acids is 1. The molecule has 2 aromatic carbocycles. The number of benzene rings is 2. The quantitative estimate of drug-likeness (QED) is 0.606. The summed E-state index contributed by atoms with van der Waals surface area (Å²) in [4.78, 5) is 13.2. The van der Waals surface area contributed by atoms with Gasteiger partial charge < -0.3 is 9.84 Å². The SMILES string of the molecule is CCc1ccc(-c2ccc(Cl)cc2Cl)cc1C1=C(O)C(C)(C)OC(C)(C)C1=O. The fraction of sp³-hybridized carbons (Fsp3) is 0.348. The van der Waals surface area contributed by atoms with E-state index in [0.717, 1.165) is 23.1 Å². The first kappa shape index (κ1) is 20.9. The number of aliphatic hydroxyl groups is 1. The van der Waals surface area contributed by atoms with Crippen molar-refractivity contribution >= 4 is 34.6 Å². The zero-order valence-corrected chi connectivity index (χ0v) is 18.2. The first-order valence-electron chi connectivity index (χ1n) is 9.25. The second-order valence-electron chi connectivity index (χ2n) is 8.03. The normalized spacial score (nSPS) is 18.5. The molecule has 3 nitrogen and oxygen atoms in total. The number of rotatable bonds is 3. The molecule has 3 rings (SSSR count). The molecule has 148 valence electrons. The van der Waals surface area contributed by atoms with Gasteiger partial charge >= 0.3 is 0 Å². The summed E-state index contributed by atoms with van der Waals surface area (Å²) < 4.78 is 5.86. The summed E-state index contributed by atoms with van der Waals surface area (Å²) in [6, 6.07) is 11.2. The number of hydrogen-bond acceptors (Lipinski definition) is 3. The summed E-state index contributed by atoms with van der Waals surface area (Å²) in [7, 11) is 0. The molecule has 0 radical (unpaired) electrons. The summed E-state index contributed by atoms with van der Waals surface area (Å²) in [6.45, 7) is 9.01. The zero-order chi connectivity index (χ0) is 20.9. The molecule has 0 spiro atoms. The van der Waals surface area contributed by atoms with Crippen molar-refractivity contribution in [3.8, 4) is 11.1 Å². The van der Waals surface area contributed by atoms with Crippen LogP contribution >= 0.6 is 23.2 Å². The Morgan fingerprint density at radius 2 is 1.64 bits per heavy atom. The number of Topliss-reactive ketones (excluding diaryl/α,β-unsaturated/α-hetero) is 1. The molecule has 28 heavy (non-hydrogen) atoms. The Balaban J connectivity index is 2.27. The molecule has 2 aromatic rings. The van der Waals surface area contributed by atoms with Crippen LogP contribution in [0.4, 0.5) is 0 Å². The molecular weight excluding hydrogens is 395 g/mol. The van der Waals surface area contributed by atoms with E-state index in [1.165, 1.54) is 0 Å². The van der Waals surface area contributed by atoms with Crippen molar-refractivity contribution in [1.82, 2.24) is 0 Å². The topological polar surface area (TPSA) is 46.5 Å². The molecule has 5 heteroatoms. The van der Waals surface area contributed by atoms with E-state index < -0.39 is 11.2 Å². The van der Waals surface area contributed by atoms with Crippen molar-refractivity contribution in [3.05, 3.63) is 63.3 Å². The maximum absolute atomic E-state index is 13.2. The predicted molar refractivity (Wildman–Crippen MR) is 115 cm³/mol. The van der Waals surface area contributed by atoms with Gasteiger partial charge in [0.2, 0.25) is 0 Å². The van der Waals surface area contributed by atoms with Crippen LogP contribution in [0.1, 0.15) is 45.7 Å². The van der Waals surface area contributed by atoms with Crippen molar-refractivity contribution in [1.29, 1.82) is 0 Å². The van der Waals surface area contributed by atoms with Crippen LogP contribution in [-0.4, -0.2) is 22.1 Å². The third kappa shape index (κ3) is 3.59. The summed E-state index contributed by atoms with van der Waals surface area (Å²) in [5, 5.41) is 12.0. The van der Waals surface area contributed by atoms with Crippen molar-refractivity contribution in [2.75, 3.05) is 0 Å². The first-order valence-corrected chi connectivity index (χ1v) is 10.0. The van der Waals surface area contributed by atoms with E-state index in [2.05, 4.69) is 0 Å². The zero-order valence-electron chi connectivity index (χ0n) is 16.7. The number of aliphatic hydroxyl groups excluding tert-OH is 1. The Hall–Kier alpha value is -1.81. The lowest BCUT2D eigenvalue weighted by atomic mass is 9.80. The van der Waals surface area contributed by atoms with E-state index in [-0.39, 0.29) is 11.5 Å². The lowest BCUT2D eigenvalue weighted by molar-refractivity contribution is -0.158. The van der Waals surface area contributed by atoms with Gasteiger partial charge in [0.15, 0.2) is 5.78 Å². The van der Waals surface area contributed by atoms with E-state index in [0.29, 0.717) is 21.2 Å². The standard InChI is InChI=1S/C23H24Cl2O3/c1-6-13-7-8-14(16-10-9-15(24)12-18(16)25)11-17(13)19-20(26)22(2,3)28-23(4,5)21(19)27/h7-12,26H,6H2,1-5H3. The highest BCUT2D eigenvalue weighted by Gasteiger charge is 2.47. The lowest BCUT2D eigenvalue weighted by Gasteiger charge is -2.40. The minimum absolute atomic E-state index is 0.0501.